The molecule has 2 aromatic rings. The molecule has 120 valence electrons. The van der Waals surface area contributed by atoms with Crippen LogP contribution >= 0.6 is 0 Å². The molecule has 2 amide bonds. The van der Waals surface area contributed by atoms with Gasteiger partial charge >= 0.3 is 0 Å². The number of amides is 2. The third-order valence-corrected chi connectivity index (χ3v) is 3.08. The Bertz CT molecular complexity index is 684. The van der Waals surface area contributed by atoms with Crippen LogP contribution in [0.3, 0.4) is 0 Å². The molecule has 0 atom stereocenters. The highest BCUT2D eigenvalue weighted by Gasteiger charge is 2.07. The molecule has 0 saturated heterocycles. The van der Waals surface area contributed by atoms with Crippen molar-refractivity contribution in [2.75, 3.05) is 23.8 Å². The van der Waals surface area contributed by atoms with Gasteiger partial charge in [-0.1, -0.05) is 12.1 Å². The van der Waals surface area contributed by atoms with Crippen LogP contribution in [0.1, 0.15) is 17.3 Å². The molecule has 0 aliphatic heterocycles. The number of hydrogen-bond acceptors (Lipinski definition) is 4. The molecule has 0 heterocycles. The average molecular weight is 313 g/mol. The van der Waals surface area contributed by atoms with Gasteiger partial charge in [-0.25, -0.2) is 0 Å². The summed E-state index contributed by atoms with van der Waals surface area (Å²) in [7, 11) is 0. The van der Waals surface area contributed by atoms with Crippen molar-refractivity contribution in [1.29, 1.82) is 0 Å². The number of benzene rings is 2. The minimum absolute atomic E-state index is 0.0936. The quantitative estimate of drug-likeness (QED) is 0.730. The van der Waals surface area contributed by atoms with E-state index in [0.717, 1.165) is 5.69 Å². The summed E-state index contributed by atoms with van der Waals surface area (Å²) in [6.45, 7) is 2.50. The summed E-state index contributed by atoms with van der Waals surface area (Å²) >= 11 is 0. The summed E-state index contributed by atoms with van der Waals surface area (Å²) in [6.07, 6.45) is 0. The van der Waals surface area contributed by atoms with Gasteiger partial charge in [-0.05, 0) is 43.3 Å². The van der Waals surface area contributed by atoms with Crippen LogP contribution in [-0.2, 0) is 4.79 Å². The Morgan fingerprint density at radius 1 is 1.09 bits per heavy atom. The Kier molecular flexibility index (Phi) is 5.57. The number of hydrogen-bond donors (Lipinski definition) is 3. The normalized spacial score (nSPS) is 9.96. The third kappa shape index (κ3) is 4.74. The molecule has 0 spiro atoms. The van der Waals surface area contributed by atoms with Crippen molar-refractivity contribution in [3.8, 4) is 5.75 Å². The summed E-state index contributed by atoms with van der Waals surface area (Å²) < 4.78 is 5.46. The third-order valence-electron chi connectivity index (χ3n) is 3.08. The van der Waals surface area contributed by atoms with Gasteiger partial charge < -0.3 is 21.1 Å². The van der Waals surface area contributed by atoms with Gasteiger partial charge in [0.15, 0.2) is 0 Å². The minimum Gasteiger partial charge on any atom is -0.492 e. The van der Waals surface area contributed by atoms with Crippen LogP contribution < -0.4 is 21.1 Å². The van der Waals surface area contributed by atoms with Crippen LogP contribution in [0.15, 0.2) is 48.5 Å². The first kappa shape index (κ1) is 16.4. The first-order valence-electron chi connectivity index (χ1n) is 7.25. The number of primary amides is 1. The number of nitrogens with two attached hydrogens (primary N) is 1. The highest BCUT2D eigenvalue weighted by atomic mass is 16.5. The van der Waals surface area contributed by atoms with E-state index >= 15 is 0 Å². The largest absolute Gasteiger partial charge is 0.492 e. The summed E-state index contributed by atoms with van der Waals surface area (Å²) in [5, 5.41) is 5.77. The Balaban J connectivity index is 1.91. The minimum atomic E-state index is -0.484. The lowest BCUT2D eigenvalue weighted by atomic mass is 10.2. The molecule has 23 heavy (non-hydrogen) atoms. The Morgan fingerprint density at radius 2 is 1.78 bits per heavy atom. The maximum absolute atomic E-state index is 12.0. The van der Waals surface area contributed by atoms with E-state index in [1.165, 1.54) is 0 Å². The van der Waals surface area contributed by atoms with E-state index in [9.17, 15) is 9.59 Å². The van der Waals surface area contributed by atoms with Gasteiger partial charge in [0.25, 0.3) is 0 Å². The van der Waals surface area contributed by atoms with E-state index < -0.39 is 5.91 Å². The van der Waals surface area contributed by atoms with E-state index in [2.05, 4.69) is 10.6 Å². The van der Waals surface area contributed by atoms with Gasteiger partial charge in [-0.15, -0.1) is 0 Å². The van der Waals surface area contributed by atoms with E-state index in [1.54, 1.807) is 36.4 Å². The van der Waals surface area contributed by atoms with E-state index in [-0.39, 0.29) is 12.5 Å². The van der Waals surface area contributed by atoms with Crippen molar-refractivity contribution >= 4 is 23.2 Å². The first-order valence-corrected chi connectivity index (χ1v) is 7.25. The highest BCUT2D eigenvalue weighted by Crippen LogP contribution is 2.23. The van der Waals surface area contributed by atoms with Crippen LogP contribution in [0.4, 0.5) is 11.4 Å². The second-order valence-corrected chi connectivity index (χ2v) is 4.77. The fourth-order valence-corrected chi connectivity index (χ4v) is 1.98. The topological polar surface area (TPSA) is 93.4 Å². The predicted molar refractivity (Wildman–Crippen MR) is 89.7 cm³/mol. The molecular formula is C17H19N3O3. The molecule has 0 bridgehead atoms. The standard InChI is InChI=1S/C17H19N3O3/c1-2-23-15-6-4-3-5-14(15)20-16(21)11-19-13-9-7-12(8-10-13)17(18)22/h3-10,19H,2,11H2,1H3,(H2,18,22)(H,20,21). The summed E-state index contributed by atoms with van der Waals surface area (Å²) in [4.78, 5) is 23.0. The number of nitrogens with one attached hydrogen (secondary N) is 2. The van der Waals surface area contributed by atoms with Gasteiger partial charge in [0.05, 0.1) is 18.8 Å². The maximum Gasteiger partial charge on any atom is 0.248 e. The fourth-order valence-electron chi connectivity index (χ4n) is 1.98. The van der Waals surface area contributed by atoms with Crippen molar-refractivity contribution in [3.05, 3.63) is 54.1 Å². The van der Waals surface area contributed by atoms with Gasteiger partial charge in [0.2, 0.25) is 11.8 Å². The second kappa shape index (κ2) is 7.84. The second-order valence-electron chi connectivity index (χ2n) is 4.77. The van der Waals surface area contributed by atoms with Crippen LogP contribution in [0.25, 0.3) is 0 Å². The fraction of sp³-hybridized carbons (Fsp3) is 0.176. The van der Waals surface area contributed by atoms with E-state index in [4.69, 9.17) is 10.5 Å². The number of carbonyl (C=O) groups is 2. The Labute approximate surface area is 134 Å². The van der Waals surface area contributed by atoms with Crippen LogP contribution in [0, 0.1) is 0 Å². The first-order chi connectivity index (χ1) is 11.1. The molecule has 4 N–H and O–H groups in total. The summed E-state index contributed by atoms with van der Waals surface area (Å²) in [6, 6.07) is 13.9. The molecule has 2 rings (SSSR count). The zero-order valence-electron chi connectivity index (χ0n) is 12.8. The lowest BCUT2D eigenvalue weighted by molar-refractivity contribution is -0.114. The van der Waals surface area contributed by atoms with Crippen molar-refractivity contribution in [3.63, 3.8) is 0 Å². The van der Waals surface area contributed by atoms with Crippen LogP contribution in [0.5, 0.6) is 5.75 Å². The van der Waals surface area contributed by atoms with Crippen molar-refractivity contribution in [2.45, 2.75) is 6.92 Å². The molecule has 0 aliphatic rings. The van der Waals surface area contributed by atoms with Crippen LogP contribution in [0.2, 0.25) is 0 Å². The number of anilines is 2. The zero-order chi connectivity index (χ0) is 16.7. The number of carbonyl (C=O) groups excluding carboxylic acids is 2. The smallest absolute Gasteiger partial charge is 0.248 e. The highest BCUT2D eigenvalue weighted by molar-refractivity contribution is 5.95. The lowest BCUT2D eigenvalue weighted by Gasteiger charge is -2.12. The van der Waals surface area contributed by atoms with E-state index in [1.807, 2.05) is 19.1 Å². The molecule has 0 fully saturated rings. The molecule has 0 unspecified atom stereocenters. The number of para-hydroxylation sites is 2. The van der Waals surface area contributed by atoms with Crippen LogP contribution in [-0.4, -0.2) is 25.0 Å². The molecule has 0 saturated carbocycles. The molecule has 6 heteroatoms. The van der Waals surface area contributed by atoms with Crippen molar-refractivity contribution in [1.82, 2.24) is 0 Å². The Morgan fingerprint density at radius 3 is 2.43 bits per heavy atom. The van der Waals surface area contributed by atoms with Crippen molar-refractivity contribution < 1.29 is 14.3 Å². The van der Waals surface area contributed by atoms with E-state index in [0.29, 0.717) is 23.6 Å². The lowest BCUT2D eigenvalue weighted by Crippen LogP contribution is -2.22. The Hall–Kier alpha value is -3.02. The SMILES string of the molecule is CCOc1ccccc1NC(=O)CNc1ccc(C(N)=O)cc1. The van der Waals surface area contributed by atoms with Crippen molar-refractivity contribution in [2.24, 2.45) is 5.73 Å². The number of ether oxygens (including phenoxy) is 1. The maximum atomic E-state index is 12.0. The zero-order valence-corrected chi connectivity index (χ0v) is 12.8. The number of rotatable bonds is 7. The predicted octanol–water partition coefficient (Wildman–Crippen LogP) is 2.23. The molecule has 0 aromatic heterocycles. The molecule has 2 aromatic carbocycles. The monoisotopic (exact) mass is 313 g/mol. The molecule has 0 radical (unpaired) electrons. The molecular weight excluding hydrogens is 294 g/mol. The molecule has 6 nitrogen and oxygen atoms in total. The summed E-state index contributed by atoms with van der Waals surface area (Å²) in [5.41, 5.74) is 6.95. The van der Waals surface area contributed by atoms with Gasteiger partial charge in [-0.3, -0.25) is 9.59 Å². The average Bonchev–Trinajstić information content (AvgIpc) is 2.55. The van der Waals surface area contributed by atoms with Gasteiger partial charge in [-0.2, -0.15) is 0 Å². The van der Waals surface area contributed by atoms with Gasteiger partial charge in [0.1, 0.15) is 5.75 Å². The molecule has 0 aliphatic carbocycles. The summed E-state index contributed by atoms with van der Waals surface area (Å²) in [5.74, 6) is -0.0490. The van der Waals surface area contributed by atoms with Gasteiger partial charge in [0, 0.05) is 11.3 Å².